The van der Waals surface area contributed by atoms with E-state index in [1.165, 1.54) is 0 Å². The first-order valence-electron chi connectivity index (χ1n) is 3.52. The number of nitrogens with zero attached hydrogens (tertiary/aromatic N) is 2. The molecule has 0 radical (unpaired) electrons. The van der Waals surface area contributed by atoms with Crippen LogP contribution < -0.4 is 11.5 Å². The van der Waals surface area contributed by atoms with Crippen LogP contribution in [-0.4, -0.2) is 9.85 Å². The van der Waals surface area contributed by atoms with Gasteiger partial charge in [-0.15, -0.1) is 0 Å². The third kappa shape index (κ3) is 1.61. The van der Waals surface area contributed by atoms with E-state index in [-0.39, 0.29) is 0 Å². The Morgan fingerprint density at radius 2 is 1.60 bits per heavy atom. The first-order valence-corrected chi connectivity index (χ1v) is 3.52. The summed E-state index contributed by atoms with van der Waals surface area (Å²) in [4.78, 5) is 18.6. The van der Waals surface area contributed by atoms with Crippen molar-refractivity contribution < 1.29 is 14.2 Å². The molecule has 8 nitrogen and oxygen atoms in total. The fourth-order valence-electron chi connectivity index (χ4n) is 1.06. The first-order chi connectivity index (χ1) is 6.86. The topological polar surface area (TPSA) is 138 Å². The number of hydrogen-bond acceptors (Lipinski definition) is 6. The second kappa shape index (κ2) is 3.36. The van der Waals surface area contributed by atoms with E-state index >= 15 is 0 Å². The van der Waals surface area contributed by atoms with Crippen molar-refractivity contribution in [2.24, 2.45) is 0 Å². The van der Waals surface area contributed by atoms with Crippen molar-refractivity contribution >= 4 is 22.7 Å². The quantitative estimate of drug-likeness (QED) is 0.426. The molecule has 1 aromatic carbocycles. The Balaban J connectivity index is 3.64. The number of nitrogens with two attached hydrogens (primary N) is 2. The summed E-state index contributed by atoms with van der Waals surface area (Å²) in [5.74, 6) is -1.30. The second-order valence-corrected chi connectivity index (χ2v) is 2.57. The van der Waals surface area contributed by atoms with Gasteiger partial charge in [-0.25, -0.2) is 0 Å². The summed E-state index contributed by atoms with van der Waals surface area (Å²) in [5, 5.41) is 20.8. The van der Waals surface area contributed by atoms with Gasteiger partial charge in [0.2, 0.25) is 5.82 Å². The van der Waals surface area contributed by atoms with Crippen LogP contribution in [0.3, 0.4) is 0 Å². The predicted octanol–water partition coefficient (Wildman–Crippen LogP) is 0.807. The summed E-state index contributed by atoms with van der Waals surface area (Å²) in [6.45, 7) is 0. The number of hydrogen-bond donors (Lipinski definition) is 2. The Hall–Kier alpha value is -2.45. The number of nitro benzene ring substituents is 2. The van der Waals surface area contributed by atoms with E-state index in [4.69, 9.17) is 11.5 Å². The molecule has 1 rings (SSSR count). The largest absolute Gasteiger partial charge is 0.393 e. The van der Waals surface area contributed by atoms with E-state index in [1.807, 2.05) is 0 Å². The Morgan fingerprint density at radius 3 is 2.00 bits per heavy atom. The predicted molar refractivity (Wildman–Crippen MR) is 48.5 cm³/mol. The van der Waals surface area contributed by atoms with Crippen LogP contribution >= 0.6 is 0 Å². The Bertz CT molecular complexity index is 423. The average Bonchev–Trinajstić information content (AvgIpc) is 1.99. The van der Waals surface area contributed by atoms with E-state index < -0.39 is 38.4 Å². The molecule has 0 fully saturated rings. The number of anilines is 2. The molecular weight excluding hydrogens is 211 g/mol. The lowest BCUT2D eigenvalue weighted by Gasteiger charge is -2.02. The fraction of sp³-hybridized carbons (Fsp3) is 0. The Kier molecular flexibility index (Phi) is 2.38. The van der Waals surface area contributed by atoms with Crippen LogP contribution in [0.4, 0.5) is 27.1 Å². The highest BCUT2D eigenvalue weighted by Gasteiger charge is 2.30. The van der Waals surface area contributed by atoms with Gasteiger partial charge in [-0.3, -0.25) is 20.2 Å². The second-order valence-electron chi connectivity index (χ2n) is 2.57. The van der Waals surface area contributed by atoms with Crippen molar-refractivity contribution in [1.82, 2.24) is 0 Å². The van der Waals surface area contributed by atoms with E-state index in [9.17, 15) is 24.6 Å². The molecule has 0 heterocycles. The van der Waals surface area contributed by atoms with Crippen molar-refractivity contribution in [2.75, 3.05) is 11.5 Å². The van der Waals surface area contributed by atoms with Gasteiger partial charge < -0.3 is 11.5 Å². The number of benzene rings is 1. The lowest BCUT2D eigenvalue weighted by molar-refractivity contribution is -0.393. The normalized spacial score (nSPS) is 9.93. The molecule has 0 atom stereocenters. The smallest absolute Gasteiger partial charge is 0.334 e. The molecule has 0 aliphatic heterocycles. The molecule has 4 N–H and O–H groups in total. The number of halogens is 1. The molecule has 0 unspecified atom stereocenters. The van der Waals surface area contributed by atoms with E-state index in [1.54, 1.807) is 0 Å². The van der Waals surface area contributed by atoms with Crippen molar-refractivity contribution in [3.05, 3.63) is 32.1 Å². The van der Waals surface area contributed by atoms with Gasteiger partial charge in [0.05, 0.1) is 9.85 Å². The number of nitro groups is 2. The molecule has 0 aliphatic carbocycles. The van der Waals surface area contributed by atoms with Crippen LogP contribution in [0.5, 0.6) is 0 Å². The zero-order chi connectivity index (χ0) is 11.7. The summed E-state index contributed by atoms with van der Waals surface area (Å²) in [6.07, 6.45) is 0. The highest BCUT2D eigenvalue weighted by molar-refractivity contribution is 5.80. The summed E-state index contributed by atoms with van der Waals surface area (Å²) < 4.78 is 13.0. The van der Waals surface area contributed by atoms with Gasteiger partial charge >= 0.3 is 11.4 Å². The highest BCUT2D eigenvalue weighted by Crippen LogP contribution is 2.38. The zero-order valence-corrected chi connectivity index (χ0v) is 7.14. The van der Waals surface area contributed by atoms with Crippen molar-refractivity contribution in [2.45, 2.75) is 0 Å². The maximum absolute atomic E-state index is 13.0. The monoisotopic (exact) mass is 216 g/mol. The lowest BCUT2D eigenvalue weighted by Crippen LogP contribution is -2.06. The van der Waals surface area contributed by atoms with Gasteiger partial charge in [0.25, 0.3) is 0 Å². The third-order valence-corrected chi connectivity index (χ3v) is 1.66. The maximum Gasteiger partial charge on any atom is 0.334 e. The Morgan fingerprint density at radius 1 is 1.13 bits per heavy atom. The number of nitrogen functional groups attached to an aromatic ring is 2. The van der Waals surface area contributed by atoms with Crippen LogP contribution in [0, 0.1) is 26.0 Å². The van der Waals surface area contributed by atoms with Gasteiger partial charge in [-0.05, 0) is 0 Å². The van der Waals surface area contributed by atoms with Crippen LogP contribution in [0.2, 0.25) is 0 Å². The van der Waals surface area contributed by atoms with Crippen molar-refractivity contribution in [3.63, 3.8) is 0 Å². The minimum Gasteiger partial charge on any atom is -0.393 e. The van der Waals surface area contributed by atoms with Crippen LogP contribution in [-0.2, 0) is 0 Å². The standard InChI is InChI=1S/C6H5FN4O4/c7-2-1-3(8)6(11(14)15)4(9)5(2)10(12)13/h1H,8-9H2. The maximum atomic E-state index is 13.0. The molecule has 0 saturated heterocycles. The molecule has 0 aliphatic rings. The fourth-order valence-corrected chi connectivity index (χ4v) is 1.06. The molecule has 0 saturated carbocycles. The van der Waals surface area contributed by atoms with E-state index in [0.717, 1.165) is 0 Å². The minimum atomic E-state index is -1.30. The summed E-state index contributed by atoms with van der Waals surface area (Å²) in [5.41, 5.74) is 6.75. The van der Waals surface area contributed by atoms with Crippen LogP contribution in [0.25, 0.3) is 0 Å². The van der Waals surface area contributed by atoms with Gasteiger partial charge in [0.1, 0.15) is 5.69 Å². The third-order valence-electron chi connectivity index (χ3n) is 1.66. The van der Waals surface area contributed by atoms with E-state index in [2.05, 4.69) is 0 Å². The van der Waals surface area contributed by atoms with Crippen molar-refractivity contribution in [3.8, 4) is 0 Å². The van der Waals surface area contributed by atoms with Gasteiger partial charge in [-0.1, -0.05) is 0 Å². The Labute approximate surface area is 81.6 Å². The van der Waals surface area contributed by atoms with E-state index in [0.29, 0.717) is 6.07 Å². The molecule has 80 valence electrons. The highest BCUT2D eigenvalue weighted by atomic mass is 19.1. The van der Waals surface area contributed by atoms with Crippen LogP contribution in [0.15, 0.2) is 6.07 Å². The van der Waals surface area contributed by atoms with Gasteiger partial charge in [0.15, 0.2) is 5.69 Å². The zero-order valence-electron chi connectivity index (χ0n) is 7.14. The molecule has 0 aromatic heterocycles. The molecule has 9 heteroatoms. The lowest BCUT2D eigenvalue weighted by atomic mass is 10.2. The molecule has 0 amide bonds. The number of rotatable bonds is 2. The summed E-state index contributed by atoms with van der Waals surface area (Å²) in [7, 11) is 0. The minimum absolute atomic E-state index is 0.493. The molecule has 15 heavy (non-hydrogen) atoms. The average molecular weight is 216 g/mol. The molecule has 0 spiro atoms. The van der Waals surface area contributed by atoms with Gasteiger partial charge in [0, 0.05) is 6.07 Å². The van der Waals surface area contributed by atoms with Crippen LogP contribution in [0.1, 0.15) is 0 Å². The first kappa shape index (κ1) is 10.6. The summed E-state index contributed by atoms with van der Waals surface area (Å²) >= 11 is 0. The molecular formula is C6H5FN4O4. The molecule has 0 bridgehead atoms. The van der Waals surface area contributed by atoms with Crippen molar-refractivity contribution in [1.29, 1.82) is 0 Å². The SMILES string of the molecule is Nc1cc(F)c([N+](=O)[O-])c(N)c1[N+](=O)[O-]. The summed E-state index contributed by atoms with van der Waals surface area (Å²) in [6, 6.07) is 0.493. The van der Waals surface area contributed by atoms with Gasteiger partial charge in [-0.2, -0.15) is 4.39 Å². The molecule has 1 aromatic rings.